The van der Waals surface area contributed by atoms with Gasteiger partial charge in [0.25, 0.3) is 0 Å². The molecule has 3 heterocycles. The Kier molecular flexibility index (Phi) is 13.5. The first kappa shape index (κ1) is 39.7. The Labute approximate surface area is 282 Å². The van der Waals surface area contributed by atoms with E-state index in [0.717, 1.165) is 0 Å². The zero-order chi connectivity index (χ0) is 36.1. The average molecular weight is 701 g/mol. The Balaban J connectivity index is 1.96. The third-order valence-electron chi connectivity index (χ3n) is 7.46. The third kappa shape index (κ3) is 9.93. The molecule has 7 atom stereocenters. The van der Waals surface area contributed by atoms with Crippen LogP contribution in [0.5, 0.6) is 5.88 Å². The molecule has 2 aromatic heterocycles. The molecule has 1 aliphatic heterocycles. The number of methoxy groups -OCH3 is 1. The third-order valence-corrected chi connectivity index (χ3v) is 9.28. The number of nitrogens with zero attached hydrogens (tertiary/aromatic N) is 4. The fraction of sp³-hybridized carbons (Fsp3) is 0.774. The molecule has 0 aliphatic carbocycles. The standard InChI is InChI=1S/C31H53N6O10P/c1-16(2)12-21(28(39)45-18(5)6)35-48(42,36-22(13-17(3)4)29(40)46-19(7)8)44-14-23-25(38)31(10,41)30(47-23)37-15-32-24-26(37)33-20(9)34-27(24)43-11/h15-19,21-23,25,30,38,41H,12-14H2,1-11H3,(H2,35,36,42)/t21-,22+,23-,25?,30-,31+,48?/m1/s1. The quantitative estimate of drug-likeness (QED) is 0.138. The lowest BCUT2D eigenvalue weighted by atomic mass is 9.96. The fourth-order valence-electron chi connectivity index (χ4n) is 5.36. The minimum Gasteiger partial charge on any atom is -0.479 e. The van der Waals surface area contributed by atoms with E-state index < -0.39 is 74.5 Å². The van der Waals surface area contributed by atoms with Gasteiger partial charge in [-0.05, 0) is 66.2 Å². The number of carbonyl (C=O) groups excluding carboxylic acids is 2. The second kappa shape index (κ2) is 16.3. The number of fused-ring (bicyclic) bond motifs is 1. The zero-order valence-electron chi connectivity index (χ0n) is 29.8. The van der Waals surface area contributed by atoms with Crippen molar-refractivity contribution in [3.8, 4) is 5.88 Å². The van der Waals surface area contributed by atoms with Crippen LogP contribution in [0, 0.1) is 18.8 Å². The van der Waals surface area contributed by atoms with Crippen LogP contribution in [0.15, 0.2) is 6.33 Å². The molecule has 4 N–H and O–H groups in total. The summed E-state index contributed by atoms with van der Waals surface area (Å²) in [6.45, 7) is 16.9. The number of nitrogens with one attached hydrogen (secondary N) is 2. The summed E-state index contributed by atoms with van der Waals surface area (Å²) in [4.78, 5) is 39.3. The number of imidazole rings is 1. The molecule has 0 aromatic carbocycles. The minimum atomic E-state index is -4.33. The van der Waals surface area contributed by atoms with Crippen LogP contribution in [0.25, 0.3) is 11.2 Å². The van der Waals surface area contributed by atoms with E-state index >= 15 is 0 Å². The van der Waals surface area contributed by atoms with E-state index in [9.17, 15) is 24.4 Å². The van der Waals surface area contributed by atoms with Crippen molar-refractivity contribution < 1.29 is 47.8 Å². The van der Waals surface area contributed by atoms with E-state index in [0.29, 0.717) is 17.0 Å². The van der Waals surface area contributed by atoms with Crippen molar-refractivity contribution >= 4 is 30.8 Å². The van der Waals surface area contributed by atoms with Crippen LogP contribution in [0.3, 0.4) is 0 Å². The Morgan fingerprint density at radius 1 is 1.00 bits per heavy atom. The topological polar surface area (TPSA) is 205 Å². The number of aliphatic hydroxyl groups is 2. The number of hydrogen-bond donors (Lipinski definition) is 4. The molecule has 0 saturated carbocycles. The lowest BCUT2D eigenvalue weighted by Crippen LogP contribution is -2.47. The fourth-order valence-corrected chi connectivity index (χ4v) is 7.18. The van der Waals surface area contributed by atoms with Gasteiger partial charge in [-0.2, -0.15) is 4.98 Å². The Bertz CT molecular complexity index is 1410. The first-order valence-electron chi connectivity index (χ1n) is 16.3. The number of aryl methyl sites for hydroxylation is 1. The summed E-state index contributed by atoms with van der Waals surface area (Å²) >= 11 is 0. The highest BCUT2D eigenvalue weighted by atomic mass is 31.2. The zero-order valence-corrected chi connectivity index (χ0v) is 30.7. The predicted molar refractivity (Wildman–Crippen MR) is 176 cm³/mol. The number of esters is 2. The molecule has 0 spiro atoms. The highest BCUT2D eigenvalue weighted by Crippen LogP contribution is 2.45. The van der Waals surface area contributed by atoms with Gasteiger partial charge in [0.05, 0.1) is 32.3 Å². The maximum Gasteiger partial charge on any atom is 0.342 e. The van der Waals surface area contributed by atoms with Gasteiger partial charge in [0, 0.05) is 0 Å². The first-order chi connectivity index (χ1) is 22.3. The van der Waals surface area contributed by atoms with E-state index in [1.807, 2.05) is 27.7 Å². The second-order valence-corrected chi connectivity index (χ2v) is 15.6. The molecule has 0 bridgehead atoms. The van der Waals surface area contributed by atoms with Gasteiger partial charge in [-0.1, -0.05) is 27.7 Å². The van der Waals surface area contributed by atoms with Gasteiger partial charge >= 0.3 is 19.6 Å². The monoisotopic (exact) mass is 700 g/mol. The maximum absolute atomic E-state index is 14.7. The number of aliphatic hydroxyl groups excluding tert-OH is 1. The van der Waals surface area contributed by atoms with Crippen LogP contribution in [0.1, 0.15) is 87.2 Å². The van der Waals surface area contributed by atoms with Crippen molar-refractivity contribution in [2.75, 3.05) is 13.7 Å². The molecule has 0 radical (unpaired) electrons. The van der Waals surface area contributed by atoms with E-state index in [1.54, 1.807) is 34.6 Å². The van der Waals surface area contributed by atoms with Gasteiger partial charge in [-0.15, -0.1) is 0 Å². The number of hydrogen-bond acceptors (Lipinski definition) is 13. The van der Waals surface area contributed by atoms with Gasteiger partial charge in [-0.3, -0.25) is 18.7 Å². The molecular weight excluding hydrogens is 647 g/mol. The van der Waals surface area contributed by atoms with Gasteiger partial charge in [0.1, 0.15) is 35.7 Å². The van der Waals surface area contributed by atoms with Crippen molar-refractivity contribution in [1.29, 1.82) is 0 Å². The van der Waals surface area contributed by atoms with Gasteiger partial charge in [-0.25, -0.2) is 20.1 Å². The number of ether oxygens (including phenoxy) is 4. The molecule has 2 unspecified atom stereocenters. The van der Waals surface area contributed by atoms with E-state index in [2.05, 4.69) is 25.1 Å². The SMILES string of the molecule is COc1nc(C)nc2c1ncn2[C@@H]1O[C@H](COP(=O)(N[C@@H](CC(C)C)C(=O)OC(C)C)N[C@H](CC(C)C)C(=O)OC(C)C)C(O)[C@]1(C)O. The highest BCUT2D eigenvalue weighted by Gasteiger charge is 2.54. The van der Waals surface area contributed by atoms with Crippen molar-refractivity contribution in [3.05, 3.63) is 12.2 Å². The van der Waals surface area contributed by atoms with Crippen molar-refractivity contribution in [2.24, 2.45) is 11.8 Å². The summed E-state index contributed by atoms with van der Waals surface area (Å²) in [7, 11) is -2.88. The molecule has 17 heteroatoms. The van der Waals surface area contributed by atoms with Gasteiger partial charge in [0.2, 0.25) is 5.88 Å². The lowest BCUT2D eigenvalue weighted by molar-refractivity contribution is -0.150. The summed E-state index contributed by atoms with van der Waals surface area (Å²) in [6.07, 6.45) is -2.96. The van der Waals surface area contributed by atoms with Crippen molar-refractivity contribution in [2.45, 2.75) is 130 Å². The summed E-state index contributed by atoms with van der Waals surface area (Å²) < 4.78 is 44.5. The normalized spacial score (nSPS) is 24.0. The Morgan fingerprint density at radius 2 is 1.52 bits per heavy atom. The molecule has 2 aromatic rings. The molecule has 0 amide bonds. The molecule has 48 heavy (non-hydrogen) atoms. The van der Waals surface area contributed by atoms with Crippen LogP contribution in [0.4, 0.5) is 0 Å². The summed E-state index contributed by atoms with van der Waals surface area (Å²) in [6, 6.07) is -2.15. The average Bonchev–Trinajstić information content (AvgIpc) is 3.46. The lowest BCUT2D eigenvalue weighted by Gasteiger charge is -2.31. The predicted octanol–water partition coefficient (Wildman–Crippen LogP) is 3.19. The Hall–Kier alpha value is -2.72. The smallest absolute Gasteiger partial charge is 0.342 e. The van der Waals surface area contributed by atoms with Crippen LogP contribution < -0.4 is 14.9 Å². The van der Waals surface area contributed by atoms with Crippen molar-refractivity contribution in [1.82, 2.24) is 29.7 Å². The van der Waals surface area contributed by atoms with E-state index in [1.165, 1.54) is 24.9 Å². The largest absolute Gasteiger partial charge is 0.479 e. The molecule has 16 nitrogen and oxygen atoms in total. The van der Waals surface area contributed by atoms with Crippen molar-refractivity contribution in [3.63, 3.8) is 0 Å². The first-order valence-corrected chi connectivity index (χ1v) is 17.9. The minimum absolute atomic E-state index is 0.0139. The number of aromatic nitrogens is 4. The van der Waals surface area contributed by atoms with Crippen LogP contribution in [-0.4, -0.2) is 97.5 Å². The van der Waals surface area contributed by atoms with Gasteiger partial charge in [0.15, 0.2) is 17.4 Å². The maximum atomic E-state index is 14.7. The molecular formula is C31H53N6O10P. The molecule has 1 fully saturated rings. The van der Waals surface area contributed by atoms with E-state index in [-0.39, 0.29) is 30.6 Å². The second-order valence-electron chi connectivity index (χ2n) is 13.7. The highest BCUT2D eigenvalue weighted by molar-refractivity contribution is 7.54. The summed E-state index contributed by atoms with van der Waals surface area (Å²) in [5.41, 5.74) is -1.27. The number of rotatable bonds is 17. The van der Waals surface area contributed by atoms with Gasteiger partial charge < -0.3 is 33.7 Å². The molecule has 272 valence electrons. The van der Waals surface area contributed by atoms with E-state index in [4.69, 9.17) is 23.5 Å². The van der Waals surface area contributed by atoms with Crippen LogP contribution in [-0.2, 0) is 32.9 Å². The Morgan fingerprint density at radius 3 is 1.98 bits per heavy atom. The summed E-state index contributed by atoms with van der Waals surface area (Å²) in [5, 5.41) is 28.4. The molecule has 1 aliphatic rings. The number of carbonyl (C=O) groups is 2. The van der Waals surface area contributed by atoms with Crippen LogP contribution >= 0.6 is 7.67 Å². The molecule has 3 rings (SSSR count). The van der Waals surface area contributed by atoms with Crippen LogP contribution in [0.2, 0.25) is 0 Å². The summed E-state index contributed by atoms with van der Waals surface area (Å²) in [5.74, 6) is -0.703. The molecule has 1 saturated heterocycles.